The summed E-state index contributed by atoms with van der Waals surface area (Å²) in [6, 6.07) is 0. The van der Waals surface area contributed by atoms with E-state index < -0.39 is 0 Å². The van der Waals surface area contributed by atoms with Crippen LogP contribution in [0.2, 0.25) is 0 Å². The van der Waals surface area contributed by atoms with Gasteiger partial charge in [0.05, 0.1) is 6.17 Å². The molecule has 0 saturated carbocycles. The van der Waals surface area contributed by atoms with E-state index in [-0.39, 0.29) is 6.17 Å². The molecule has 2 atom stereocenters. The molecule has 2 unspecified atom stereocenters. The largest absolute Gasteiger partial charge is 0.373 e. The quantitative estimate of drug-likeness (QED) is 0.543. The molecular formula is C9H14N2. The first-order valence-corrected chi connectivity index (χ1v) is 4.25. The average molecular weight is 150 g/mol. The third kappa shape index (κ3) is 1.31. The van der Waals surface area contributed by atoms with Gasteiger partial charge in [0.1, 0.15) is 0 Å². The van der Waals surface area contributed by atoms with Crippen LogP contribution < -0.4 is 11.1 Å². The Kier molecular flexibility index (Phi) is 1.70. The van der Waals surface area contributed by atoms with Gasteiger partial charge in [0.25, 0.3) is 0 Å². The van der Waals surface area contributed by atoms with Gasteiger partial charge < -0.3 is 11.1 Å². The zero-order valence-corrected chi connectivity index (χ0v) is 6.59. The predicted octanol–water partition coefficient (Wildman–Crippen LogP) is 1.11. The fourth-order valence-corrected chi connectivity index (χ4v) is 1.78. The monoisotopic (exact) mass is 150 g/mol. The summed E-state index contributed by atoms with van der Waals surface area (Å²) in [6.07, 6.45) is 10.2. The van der Waals surface area contributed by atoms with E-state index in [2.05, 4.69) is 23.5 Å². The minimum Gasteiger partial charge on any atom is -0.373 e. The van der Waals surface area contributed by atoms with Crippen LogP contribution in [0.3, 0.4) is 0 Å². The van der Waals surface area contributed by atoms with Crippen LogP contribution in [0.25, 0.3) is 0 Å². The number of nitrogens with two attached hydrogens (primary N) is 1. The van der Waals surface area contributed by atoms with E-state index in [4.69, 9.17) is 5.73 Å². The number of piperidine rings is 1. The Morgan fingerprint density at radius 2 is 2.36 bits per heavy atom. The molecule has 3 N–H and O–H groups in total. The highest BCUT2D eigenvalue weighted by Crippen LogP contribution is 2.27. The number of hydrogen-bond acceptors (Lipinski definition) is 2. The summed E-state index contributed by atoms with van der Waals surface area (Å²) < 4.78 is 0. The fourth-order valence-electron chi connectivity index (χ4n) is 1.78. The highest BCUT2D eigenvalue weighted by molar-refractivity contribution is 5.21. The molecule has 1 fully saturated rings. The van der Waals surface area contributed by atoms with Crippen molar-refractivity contribution in [3.8, 4) is 0 Å². The van der Waals surface area contributed by atoms with Crippen molar-refractivity contribution in [3.05, 3.63) is 23.9 Å². The molecule has 0 aromatic rings. The van der Waals surface area contributed by atoms with Gasteiger partial charge in [-0.25, -0.2) is 0 Å². The highest BCUT2D eigenvalue weighted by Gasteiger charge is 2.22. The van der Waals surface area contributed by atoms with E-state index in [1.807, 2.05) is 0 Å². The second-order valence-corrected chi connectivity index (χ2v) is 3.31. The molecule has 2 nitrogen and oxygen atoms in total. The summed E-state index contributed by atoms with van der Waals surface area (Å²) in [5.74, 6) is 0.722. The summed E-state index contributed by atoms with van der Waals surface area (Å²) in [5.41, 5.74) is 7.10. The van der Waals surface area contributed by atoms with Crippen molar-refractivity contribution in [2.75, 3.05) is 0 Å². The third-order valence-electron chi connectivity index (χ3n) is 2.45. The van der Waals surface area contributed by atoms with Crippen molar-refractivity contribution in [3.63, 3.8) is 0 Å². The first-order valence-electron chi connectivity index (χ1n) is 4.25. The summed E-state index contributed by atoms with van der Waals surface area (Å²) in [5, 5.41) is 3.31. The lowest BCUT2D eigenvalue weighted by molar-refractivity contribution is 0.371. The van der Waals surface area contributed by atoms with Gasteiger partial charge in [0, 0.05) is 11.6 Å². The van der Waals surface area contributed by atoms with Crippen molar-refractivity contribution < 1.29 is 0 Å². The van der Waals surface area contributed by atoms with Gasteiger partial charge in [-0.2, -0.15) is 0 Å². The van der Waals surface area contributed by atoms with Crippen molar-refractivity contribution in [1.82, 2.24) is 5.32 Å². The molecule has 0 aromatic carbocycles. The first-order chi connectivity index (χ1) is 5.36. The van der Waals surface area contributed by atoms with E-state index in [0.717, 1.165) is 12.3 Å². The third-order valence-corrected chi connectivity index (χ3v) is 2.45. The van der Waals surface area contributed by atoms with Crippen LogP contribution in [0.1, 0.15) is 19.3 Å². The van der Waals surface area contributed by atoms with Crippen LogP contribution in [-0.4, -0.2) is 6.17 Å². The lowest BCUT2D eigenvalue weighted by atomic mass is 9.88. The Morgan fingerprint density at radius 1 is 1.45 bits per heavy atom. The van der Waals surface area contributed by atoms with Gasteiger partial charge >= 0.3 is 0 Å². The number of hydrogen-bond donors (Lipinski definition) is 2. The van der Waals surface area contributed by atoms with Gasteiger partial charge in [0.15, 0.2) is 0 Å². The number of allylic oxidation sites excluding steroid dienone is 4. The van der Waals surface area contributed by atoms with E-state index in [0.29, 0.717) is 0 Å². The average Bonchev–Trinajstić information content (AvgIpc) is 2.04. The lowest BCUT2D eigenvalue weighted by Gasteiger charge is -2.31. The maximum atomic E-state index is 5.77. The van der Waals surface area contributed by atoms with Crippen molar-refractivity contribution in [2.45, 2.75) is 25.4 Å². The van der Waals surface area contributed by atoms with Crippen molar-refractivity contribution in [1.29, 1.82) is 0 Å². The topological polar surface area (TPSA) is 38.0 Å². The minimum absolute atomic E-state index is 0.184. The van der Waals surface area contributed by atoms with Gasteiger partial charge in [0.2, 0.25) is 0 Å². The predicted molar refractivity (Wildman–Crippen MR) is 45.7 cm³/mol. The molecule has 2 rings (SSSR count). The van der Waals surface area contributed by atoms with Gasteiger partial charge in [-0.05, 0) is 25.3 Å². The van der Waals surface area contributed by atoms with Crippen LogP contribution in [0.15, 0.2) is 23.9 Å². The molecule has 60 valence electrons. The van der Waals surface area contributed by atoms with Gasteiger partial charge in [-0.1, -0.05) is 12.2 Å². The molecule has 11 heavy (non-hydrogen) atoms. The smallest absolute Gasteiger partial charge is 0.0740 e. The molecule has 1 aliphatic heterocycles. The molecule has 0 aromatic heterocycles. The van der Waals surface area contributed by atoms with Crippen molar-refractivity contribution in [2.24, 2.45) is 11.7 Å². The summed E-state index contributed by atoms with van der Waals surface area (Å²) in [4.78, 5) is 0. The molecule has 0 bridgehead atoms. The summed E-state index contributed by atoms with van der Waals surface area (Å²) >= 11 is 0. The molecule has 2 heteroatoms. The molecular weight excluding hydrogens is 136 g/mol. The second kappa shape index (κ2) is 2.70. The highest BCUT2D eigenvalue weighted by atomic mass is 15.0. The minimum atomic E-state index is 0.184. The van der Waals surface area contributed by atoms with Crippen LogP contribution >= 0.6 is 0 Å². The SMILES string of the molecule is NC1CCC2CC=CC=C2N1. The van der Waals surface area contributed by atoms with E-state index in [1.165, 1.54) is 18.5 Å². The standard InChI is InChI=1S/C9H14N2/c10-9-6-5-7-3-1-2-4-8(7)11-9/h1-2,4,7,9,11H,3,5-6,10H2. The molecule has 1 saturated heterocycles. The Labute approximate surface area is 67.2 Å². The van der Waals surface area contributed by atoms with Crippen LogP contribution in [0, 0.1) is 5.92 Å². The Hall–Kier alpha value is -0.760. The van der Waals surface area contributed by atoms with Crippen molar-refractivity contribution >= 4 is 0 Å². The molecule has 0 spiro atoms. The molecule has 0 radical (unpaired) electrons. The second-order valence-electron chi connectivity index (χ2n) is 3.31. The molecule has 1 heterocycles. The van der Waals surface area contributed by atoms with E-state index in [9.17, 15) is 0 Å². The fraction of sp³-hybridized carbons (Fsp3) is 0.556. The van der Waals surface area contributed by atoms with E-state index in [1.54, 1.807) is 0 Å². The number of fused-ring (bicyclic) bond motifs is 1. The Balaban J connectivity index is 2.12. The number of rotatable bonds is 0. The zero-order chi connectivity index (χ0) is 7.68. The van der Waals surface area contributed by atoms with Gasteiger partial charge in [-0.15, -0.1) is 0 Å². The number of nitrogens with one attached hydrogen (secondary N) is 1. The van der Waals surface area contributed by atoms with E-state index >= 15 is 0 Å². The lowest BCUT2D eigenvalue weighted by Crippen LogP contribution is -2.43. The van der Waals surface area contributed by atoms with Crippen LogP contribution in [-0.2, 0) is 0 Å². The first kappa shape index (κ1) is 6.92. The normalized spacial score (nSPS) is 35.5. The molecule has 2 aliphatic rings. The van der Waals surface area contributed by atoms with Crippen LogP contribution in [0.5, 0.6) is 0 Å². The molecule has 1 aliphatic carbocycles. The Morgan fingerprint density at radius 3 is 3.27 bits per heavy atom. The maximum Gasteiger partial charge on any atom is 0.0740 e. The van der Waals surface area contributed by atoms with Crippen LogP contribution in [0.4, 0.5) is 0 Å². The molecule has 0 amide bonds. The zero-order valence-electron chi connectivity index (χ0n) is 6.59. The van der Waals surface area contributed by atoms with Gasteiger partial charge in [-0.3, -0.25) is 0 Å². The maximum absolute atomic E-state index is 5.77. The Bertz CT molecular complexity index is 206. The summed E-state index contributed by atoms with van der Waals surface area (Å²) in [6.45, 7) is 0. The summed E-state index contributed by atoms with van der Waals surface area (Å²) in [7, 11) is 0.